The number of nitrogens with zero attached hydrogens (tertiary/aromatic N) is 1. The van der Waals surface area contributed by atoms with Gasteiger partial charge in [-0.1, -0.05) is 237 Å². The Kier molecular flexibility index (Phi) is 45.9. The zero-order valence-corrected chi connectivity index (χ0v) is 43.9. The number of phosphoric acid groups is 1. The number of rotatable bonds is 50. The number of unbranched alkanes of at least 4 members (excludes halogenated alkanes) is 33. The van der Waals surface area contributed by atoms with Gasteiger partial charge in [-0.2, -0.15) is 0 Å². The van der Waals surface area contributed by atoms with Crippen LogP contribution in [-0.2, 0) is 18.4 Å². The van der Waals surface area contributed by atoms with Crippen LogP contribution in [0.2, 0.25) is 0 Å². The Labute approximate surface area is 397 Å². The number of nitrogens with one attached hydrogen (secondary N) is 1. The van der Waals surface area contributed by atoms with Crippen LogP contribution in [0, 0.1) is 0 Å². The average Bonchev–Trinajstić information content (AvgIpc) is 3.25. The van der Waals surface area contributed by atoms with Crippen LogP contribution < -0.4 is 10.2 Å². The van der Waals surface area contributed by atoms with Gasteiger partial charge in [0, 0.05) is 6.42 Å². The summed E-state index contributed by atoms with van der Waals surface area (Å²) in [6.45, 7) is 4.67. The van der Waals surface area contributed by atoms with E-state index in [1.807, 2.05) is 27.2 Å². The second-order valence-corrected chi connectivity index (χ2v) is 21.3. The van der Waals surface area contributed by atoms with Gasteiger partial charge in [0.05, 0.1) is 39.9 Å². The molecule has 0 aliphatic rings. The lowest BCUT2D eigenvalue weighted by molar-refractivity contribution is -0.870. The smallest absolute Gasteiger partial charge is 0.268 e. The number of aliphatic hydroxyl groups is 1. The van der Waals surface area contributed by atoms with Crippen molar-refractivity contribution in [1.29, 1.82) is 0 Å². The van der Waals surface area contributed by atoms with Crippen LogP contribution >= 0.6 is 7.82 Å². The van der Waals surface area contributed by atoms with Crippen LogP contribution in [0.25, 0.3) is 0 Å². The summed E-state index contributed by atoms with van der Waals surface area (Å²) in [5, 5.41) is 13.9. The maximum absolute atomic E-state index is 12.9. The number of quaternary nitrogens is 1. The van der Waals surface area contributed by atoms with Gasteiger partial charge in [0.15, 0.2) is 0 Å². The van der Waals surface area contributed by atoms with Crippen molar-refractivity contribution in [3.63, 3.8) is 0 Å². The number of carbonyl (C=O) groups is 1. The summed E-state index contributed by atoms with van der Waals surface area (Å²) in [5.74, 6) is -0.200. The lowest BCUT2D eigenvalue weighted by Crippen LogP contribution is -2.45. The lowest BCUT2D eigenvalue weighted by atomic mass is 10.0. The summed E-state index contributed by atoms with van der Waals surface area (Å²) >= 11 is 0. The minimum atomic E-state index is -4.59. The Morgan fingerprint density at radius 3 is 1.30 bits per heavy atom. The number of hydrogen-bond acceptors (Lipinski definition) is 6. The maximum atomic E-state index is 12.9. The molecular weight excluding hydrogens is 816 g/mol. The molecule has 1 amide bonds. The summed E-state index contributed by atoms with van der Waals surface area (Å²) < 4.78 is 23.3. The van der Waals surface area contributed by atoms with E-state index in [1.165, 1.54) is 193 Å². The van der Waals surface area contributed by atoms with Gasteiger partial charge in [-0.25, -0.2) is 0 Å². The summed E-state index contributed by atoms with van der Waals surface area (Å²) in [7, 11) is 1.26. The SMILES string of the molecule is CCCCCCCCCCC/C=C\C/C=C\CCCCCCCCCCCC(=O)NC(COP(=O)([O-])OCC[N+](C)(C)C)C(O)/C=C/CCCCCCCCCCCCCCCCC. The first-order valence-corrected chi connectivity index (χ1v) is 28.8. The van der Waals surface area contributed by atoms with Gasteiger partial charge in [-0.05, 0) is 51.4 Å². The number of carbonyl (C=O) groups excluding carboxylic acids is 1. The molecule has 0 aliphatic heterocycles. The van der Waals surface area contributed by atoms with Gasteiger partial charge >= 0.3 is 0 Å². The molecule has 0 bridgehead atoms. The van der Waals surface area contributed by atoms with Crippen molar-refractivity contribution in [3.05, 3.63) is 36.5 Å². The zero-order chi connectivity index (χ0) is 47.1. The third kappa shape index (κ3) is 48.6. The van der Waals surface area contributed by atoms with Crippen LogP contribution in [0.3, 0.4) is 0 Å². The molecule has 0 aliphatic carbocycles. The molecule has 3 unspecified atom stereocenters. The molecule has 0 aromatic heterocycles. The second-order valence-electron chi connectivity index (χ2n) is 19.9. The summed E-state index contributed by atoms with van der Waals surface area (Å²) in [6.07, 6.45) is 59.2. The van der Waals surface area contributed by atoms with Crippen LogP contribution in [0.5, 0.6) is 0 Å². The first kappa shape index (κ1) is 62.7. The van der Waals surface area contributed by atoms with Gasteiger partial charge < -0.3 is 28.8 Å². The normalized spacial score (nSPS) is 14.3. The van der Waals surface area contributed by atoms with Crippen LogP contribution in [0.4, 0.5) is 0 Å². The van der Waals surface area contributed by atoms with Gasteiger partial charge in [-0.15, -0.1) is 0 Å². The quantitative estimate of drug-likeness (QED) is 0.0272. The highest BCUT2D eigenvalue weighted by atomic mass is 31.2. The van der Waals surface area contributed by atoms with Gasteiger partial charge in [0.25, 0.3) is 7.82 Å². The largest absolute Gasteiger partial charge is 0.756 e. The third-order valence-electron chi connectivity index (χ3n) is 12.3. The Bertz CT molecular complexity index is 1140. The Hall–Kier alpha value is -1.28. The van der Waals surface area contributed by atoms with Crippen molar-refractivity contribution in [1.82, 2.24) is 5.32 Å². The predicted octanol–water partition coefficient (Wildman–Crippen LogP) is 15.6. The molecule has 64 heavy (non-hydrogen) atoms. The zero-order valence-electron chi connectivity index (χ0n) is 43.0. The topological polar surface area (TPSA) is 108 Å². The number of likely N-dealkylation sites (N-methyl/N-ethyl adjacent to an activating group) is 1. The van der Waals surface area contributed by atoms with E-state index in [9.17, 15) is 19.4 Å². The first-order valence-electron chi connectivity index (χ1n) is 27.4. The number of hydrogen-bond donors (Lipinski definition) is 2. The number of aliphatic hydroxyl groups excluding tert-OH is 1. The molecule has 0 aromatic rings. The van der Waals surface area contributed by atoms with Crippen molar-refractivity contribution >= 4 is 13.7 Å². The predicted molar refractivity (Wildman–Crippen MR) is 275 cm³/mol. The first-order chi connectivity index (χ1) is 31.0. The molecule has 0 radical (unpaired) electrons. The van der Waals surface area contributed by atoms with Crippen molar-refractivity contribution < 1.29 is 32.9 Å². The molecule has 0 spiro atoms. The molecule has 0 saturated heterocycles. The van der Waals surface area contributed by atoms with Gasteiger partial charge in [0.1, 0.15) is 13.2 Å². The molecule has 2 N–H and O–H groups in total. The molecule has 9 heteroatoms. The average molecular weight is 923 g/mol. The highest BCUT2D eigenvalue weighted by Crippen LogP contribution is 2.38. The lowest BCUT2D eigenvalue weighted by Gasteiger charge is -2.29. The van der Waals surface area contributed by atoms with E-state index >= 15 is 0 Å². The third-order valence-corrected chi connectivity index (χ3v) is 13.3. The molecule has 0 heterocycles. The van der Waals surface area contributed by atoms with E-state index in [4.69, 9.17) is 9.05 Å². The molecule has 0 aromatic carbocycles. The van der Waals surface area contributed by atoms with Gasteiger partial charge in [-0.3, -0.25) is 9.36 Å². The van der Waals surface area contributed by atoms with E-state index in [-0.39, 0.29) is 19.1 Å². The van der Waals surface area contributed by atoms with E-state index in [0.29, 0.717) is 17.4 Å². The molecular formula is C55H107N2O6P. The monoisotopic (exact) mass is 923 g/mol. The van der Waals surface area contributed by atoms with E-state index < -0.39 is 20.0 Å². The summed E-state index contributed by atoms with van der Waals surface area (Å²) in [4.78, 5) is 25.4. The summed E-state index contributed by atoms with van der Waals surface area (Å²) in [6, 6.07) is -0.888. The molecule has 3 atom stereocenters. The number of allylic oxidation sites excluding steroid dienone is 5. The van der Waals surface area contributed by atoms with Crippen LogP contribution in [-0.4, -0.2) is 68.5 Å². The van der Waals surface area contributed by atoms with Crippen molar-refractivity contribution in [3.8, 4) is 0 Å². The van der Waals surface area contributed by atoms with Crippen molar-refractivity contribution in [2.75, 3.05) is 40.9 Å². The van der Waals surface area contributed by atoms with Crippen LogP contribution in [0.1, 0.15) is 258 Å². The maximum Gasteiger partial charge on any atom is 0.268 e. The minimum Gasteiger partial charge on any atom is -0.756 e. The minimum absolute atomic E-state index is 0.00161. The fourth-order valence-electron chi connectivity index (χ4n) is 8.01. The highest BCUT2D eigenvalue weighted by Gasteiger charge is 2.23. The highest BCUT2D eigenvalue weighted by molar-refractivity contribution is 7.45. The van der Waals surface area contributed by atoms with E-state index in [2.05, 4.69) is 43.5 Å². The number of phosphoric ester groups is 1. The Morgan fingerprint density at radius 1 is 0.547 bits per heavy atom. The van der Waals surface area contributed by atoms with Gasteiger partial charge in [0.2, 0.25) is 5.91 Å². The molecule has 0 fully saturated rings. The molecule has 0 saturated carbocycles. The standard InChI is InChI=1S/C55H107N2O6P/c1-6-8-10-12-14-16-18-20-22-24-25-26-27-28-29-30-31-33-35-37-39-41-43-45-47-49-55(59)56-53(52-63-64(60,61)62-51-50-57(3,4)5)54(58)48-46-44-42-40-38-36-34-32-23-21-19-17-15-13-11-9-7-2/h25-26,28-29,46,48,53-54,58H,6-24,27,30-45,47,49-52H2,1-5H3,(H-,56,59,60,61)/b26-25-,29-28-,48-46+. The van der Waals surface area contributed by atoms with Crippen LogP contribution in [0.15, 0.2) is 36.5 Å². The Balaban J connectivity index is 4.24. The summed E-state index contributed by atoms with van der Waals surface area (Å²) in [5.41, 5.74) is 0. The van der Waals surface area contributed by atoms with E-state index in [0.717, 1.165) is 44.9 Å². The second kappa shape index (κ2) is 46.8. The van der Waals surface area contributed by atoms with Crippen molar-refractivity contribution in [2.24, 2.45) is 0 Å². The van der Waals surface area contributed by atoms with Crippen molar-refractivity contribution in [2.45, 2.75) is 270 Å². The molecule has 8 nitrogen and oxygen atoms in total. The van der Waals surface area contributed by atoms with E-state index in [1.54, 1.807) is 6.08 Å². The fourth-order valence-corrected chi connectivity index (χ4v) is 8.73. The molecule has 378 valence electrons. The Morgan fingerprint density at radius 2 is 0.906 bits per heavy atom. The fraction of sp³-hybridized carbons (Fsp3) is 0.873. The molecule has 0 rings (SSSR count). The number of amides is 1.